The minimum Gasteiger partial charge on any atom is -0.481 e. The summed E-state index contributed by atoms with van der Waals surface area (Å²) in [5.41, 5.74) is 3.46. The molecule has 1 aromatic carbocycles. The molecular weight excluding hydrogens is 486 g/mol. The highest BCUT2D eigenvalue weighted by Gasteiger charge is 2.37. The van der Waals surface area contributed by atoms with Gasteiger partial charge < -0.3 is 9.63 Å². The van der Waals surface area contributed by atoms with Crippen LogP contribution in [0.15, 0.2) is 22.7 Å². The zero-order valence-electron chi connectivity index (χ0n) is 20.2. The predicted octanol–water partition coefficient (Wildman–Crippen LogP) is 6.38. The number of benzene rings is 1. The lowest BCUT2D eigenvalue weighted by atomic mass is 9.88. The standard InChI is InChI=1S/C26H30ClN3O4S/c1-14(2)10-21-28-29-26(35-21)25-23(16-6-7-16)24(30-34-25)18(8-9-22(32)33)13-19(31)12-17-5-4-15(3)11-20(17)27/h4-5,11,14,16,18H,6-10,12-13H2,1-3H3,(H,32,33)/t18-/m0/s1. The first kappa shape index (κ1) is 25.5. The fraction of sp³-hybridized carbons (Fsp3) is 0.500. The van der Waals surface area contributed by atoms with Crippen molar-refractivity contribution >= 4 is 34.7 Å². The van der Waals surface area contributed by atoms with Gasteiger partial charge in [0.2, 0.25) is 5.76 Å². The molecule has 0 amide bonds. The van der Waals surface area contributed by atoms with Gasteiger partial charge in [-0.3, -0.25) is 9.59 Å². The summed E-state index contributed by atoms with van der Waals surface area (Å²) in [6, 6.07) is 5.65. The number of nitrogens with zero attached hydrogens (tertiary/aromatic N) is 3. The Labute approximate surface area is 213 Å². The smallest absolute Gasteiger partial charge is 0.303 e. The molecule has 1 saturated carbocycles. The Hall–Kier alpha value is -2.58. The Morgan fingerprint density at radius 1 is 1.26 bits per heavy atom. The Balaban J connectivity index is 1.60. The van der Waals surface area contributed by atoms with Crippen LogP contribution < -0.4 is 0 Å². The van der Waals surface area contributed by atoms with Gasteiger partial charge in [-0.2, -0.15) is 0 Å². The van der Waals surface area contributed by atoms with Gasteiger partial charge in [-0.05, 0) is 55.2 Å². The maximum Gasteiger partial charge on any atom is 0.303 e. The number of carboxylic acid groups (broad SMARTS) is 1. The second kappa shape index (κ2) is 11.0. The first-order valence-electron chi connectivity index (χ1n) is 12.0. The third-order valence-corrected chi connectivity index (χ3v) is 7.45. The Morgan fingerprint density at radius 2 is 2.03 bits per heavy atom. The Morgan fingerprint density at radius 3 is 2.69 bits per heavy atom. The molecular formula is C26H30ClN3O4S. The van der Waals surface area contributed by atoms with E-state index in [1.165, 1.54) is 11.3 Å². The minimum atomic E-state index is -0.900. The summed E-state index contributed by atoms with van der Waals surface area (Å²) in [6.45, 7) is 6.22. The third kappa shape index (κ3) is 6.55. The summed E-state index contributed by atoms with van der Waals surface area (Å²) in [4.78, 5) is 24.4. The van der Waals surface area contributed by atoms with E-state index in [4.69, 9.17) is 16.1 Å². The van der Waals surface area contributed by atoms with Crippen molar-refractivity contribution in [3.8, 4) is 10.8 Å². The van der Waals surface area contributed by atoms with Gasteiger partial charge in [0, 0.05) is 42.2 Å². The van der Waals surface area contributed by atoms with E-state index in [9.17, 15) is 14.7 Å². The van der Waals surface area contributed by atoms with E-state index in [0.29, 0.717) is 33.8 Å². The molecule has 1 fully saturated rings. The van der Waals surface area contributed by atoms with Crippen LogP contribution in [0.25, 0.3) is 10.8 Å². The molecule has 0 aliphatic heterocycles. The number of hydrogen-bond donors (Lipinski definition) is 1. The van der Waals surface area contributed by atoms with Crippen molar-refractivity contribution < 1.29 is 19.2 Å². The fourth-order valence-electron chi connectivity index (χ4n) is 4.29. The lowest BCUT2D eigenvalue weighted by molar-refractivity contribution is -0.137. The van der Waals surface area contributed by atoms with Crippen molar-refractivity contribution in [1.82, 2.24) is 15.4 Å². The molecule has 0 bridgehead atoms. The van der Waals surface area contributed by atoms with Crippen LogP contribution in [0.3, 0.4) is 0 Å². The first-order valence-corrected chi connectivity index (χ1v) is 13.2. The van der Waals surface area contributed by atoms with E-state index in [0.717, 1.165) is 41.0 Å². The molecule has 1 aliphatic rings. The number of carboxylic acids is 1. The maximum absolute atomic E-state index is 13.1. The van der Waals surface area contributed by atoms with Gasteiger partial charge >= 0.3 is 5.97 Å². The average Bonchev–Trinajstić information content (AvgIpc) is 3.36. The van der Waals surface area contributed by atoms with Gasteiger partial charge in [-0.1, -0.05) is 54.1 Å². The number of ketones is 1. The van der Waals surface area contributed by atoms with Crippen molar-refractivity contribution in [3.63, 3.8) is 0 Å². The molecule has 2 aromatic heterocycles. The number of aromatic nitrogens is 3. The molecule has 4 rings (SSSR count). The van der Waals surface area contributed by atoms with Crippen LogP contribution in [0.5, 0.6) is 0 Å². The number of carbonyl (C=O) groups excluding carboxylic acids is 1. The van der Waals surface area contributed by atoms with Crippen LogP contribution in [-0.4, -0.2) is 32.2 Å². The second-order valence-corrected chi connectivity index (χ2v) is 11.3. The molecule has 0 radical (unpaired) electrons. The van der Waals surface area contributed by atoms with Crippen LogP contribution >= 0.6 is 22.9 Å². The Kier molecular flexibility index (Phi) is 8.02. The van der Waals surface area contributed by atoms with E-state index >= 15 is 0 Å². The number of rotatable bonds is 12. The number of carbonyl (C=O) groups is 2. The number of halogens is 1. The van der Waals surface area contributed by atoms with Crippen LogP contribution in [0.4, 0.5) is 0 Å². The van der Waals surface area contributed by atoms with Crippen molar-refractivity contribution in [3.05, 3.63) is 50.6 Å². The van der Waals surface area contributed by atoms with E-state index in [-0.39, 0.29) is 36.9 Å². The molecule has 7 nitrogen and oxygen atoms in total. The number of Topliss-reactive ketones (excluding diaryl/α,β-unsaturated/α-hetero) is 1. The van der Waals surface area contributed by atoms with Gasteiger partial charge in [-0.25, -0.2) is 0 Å². The average molecular weight is 516 g/mol. The van der Waals surface area contributed by atoms with Crippen LogP contribution in [0, 0.1) is 12.8 Å². The van der Waals surface area contributed by atoms with E-state index in [1.54, 1.807) is 0 Å². The molecule has 1 aliphatic carbocycles. The van der Waals surface area contributed by atoms with E-state index in [2.05, 4.69) is 29.2 Å². The highest BCUT2D eigenvalue weighted by atomic mass is 35.5. The van der Waals surface area contributed by atoms with Crippen molar-refractivity contribution in [2.24, 2.45) is 5.92 Å². The lowest BCUT2D eigenvalue weighted by Crippen LogP contribution is -2.13. The Bertz CT molecular complexity index is 1220. The van der Waals surface area contributed by atoms with Gasteiger partial charge in [0.1, 0.15) is 10.8 Å². The molecule has 3 aromatic rings. The van der Waals surface area contributed by atoms with E-state index in [1.807, 2.05) is 25.1 Å². The number of aryl methyl sites for hydroxylation is 1. The van der Waals surface area contributed by atoms with Crippen LogP contribution in [0.2, 0.25) is 5.02 Å². The van der Waals surface area contributed by atoms with Gasteiger partial charge in [0.05, 0.1) is 5.69 Å². The molecule has 9 heteroatoms. The largest absolute Gasteiger partial charge is 0.481 e. The summed E-state index contributed by atoms with van der Waals surface area (Å²) >= 11 is 7.84. The number of hydrogen-bond acceptors (Lipinski definition) is 7. The normalized spacial score (nSPS) is 14.4. The molecule has 0 spiro atoms. The number of aliphatic carboxylic acids is 1. The van der Waals surface area contributed by atoms with Gasteiger partial charge in [0.15, 0.2) is 5.01 Å². The summed E-state index contributed by atoms with van der Waals surface area (Å²) in [5, 5.41) is 24.6. The summed E-state index contributed by atoms with van der Waals surface area (Å²) in [5.74, 6) is 0.120. The van der Waals surface area contributed by atoms with Gasteiger partial charge in [0.25, 0.3) is 0 Å². The van der Waals surface area contributed by atoms with Crippen LogP contribution in [-0.2, 0) is 22.4 Å². The summed E-state index contributed by atoms with van der Waals surface area (Å²) < 4.78 is 5.80. The monoisotopic (exact) mass is 515 g/mol. The second-order valence-electron chi connectivity index (χ2n) is 9.83. The highest BCUT2D eigenvalue weighted by molar-refractivity contribution is 7.14. The molecule has 1 atom stereocenters. The lowest BCUT2D eigenvalue weighted by Gasteiger charge is -2.15. The molecule has 0 saturated heterocycles. The molecule has 35 heavy (non-hydrogen) atoms. The highest BCUT2D eigenvalue weighted by Crippen LogP contribution is 2.49. The molecule has 1 N–H and O–H groups in total. The quantitative estimate of drug-likeness (QED) is 0.298. The van der Waals surface area contributed by atoms with E-state index < -0.39 is 5.97 Å². The topological polar surface area (TPSA) is 106 Å². The first-order chi connectivity index (χ1) is 16.7. The minimum absolute atomic E-state index is 0.00688. The van der Waals surface area contributed by atoms with Crippen molar-refractivity contribution in [2.45, 2.75) is 77.6 Å². The van der Waals surface area contributed by atoms with Crippen LogP contribution in [0.1, 0.15) is 85.2 Å². The predicted molar refractivity (Wildman–Crippen MR) is 135 cm³/mol. The zero-order chi connectivity index (χ0) is 25.1. The molecule has 0 unspecified atom stereocenters. The van der Waals surface area contributed by atoms with Crippen molar-refractivity contribution in [1.29, 1.82) is 0 Å². The van der Waals surface area contributed by atoms with Crippen molar-refractivity contribution in [2.75, 3.05) is 0 Å². The zero-order valence-corrected chi connectivity index (χ0v) is 21.8. The SMILES string of the molecule is Cc1ccc(CC(=O)C[C@H](CCC(=O)O)c2noc(-c3nnc(CC(C)C)s3)c2C2CC2)c(Cl)c1. The third-order valence-electron chi connectivity index (χ3n) is 6.15. The molecule has 2 heterocycles. The molecule has 186 valence electrons. The fourth-order valence-corrected chi connectivity index (χ4v) is 5.64. The van der Waals surface area contributed by atoms with Gasteiger partial charge in [-0.15, -0.1) is 10.2 Å². The summed E-state index contributed by atoms with van der Waals surface area (Å²) in [6.07, 6.45) is 3.50. The summed E-state index contributed by atoms with van der Waals surface area (Å²) in [7, 11) is 0. The maximum atomic E-state index is 13.1.